The van der Waals surface area contributed by atoms with E-state index < -0.39 is 0 Å². The lowest BCUT2D eigenvalue weighted by Gasteiger charge is -2.26. The summed E-state index contributed by atoms with van der Waals surface area (Å²) in [6.07, 6.45) is 4.28. The lowest BCUT2D eigenvalue weighted by atomic mass is 9.80. The second-order valence-corrected chi connectivity index (χ2v) is 3.97. The standard InChI is InChI=1S/C11H15N/c1-8-6-10-4-3-5-12-11(10)7-9(8)2/h3-5,8-9H,6-7H2,1-2H3. The summed E-state index contributed by atoms with van der Waals surface area (Å²) in [5.41, 5.74) is 2.78. The van der Waals surface area contributed by atoms with Crippen molar-refractivity contribution in [3.05, 3.63) is 29.6 Å². The fourth-order valence-corrected chi connectivity index (χ4v) is 1.90. The van der Waals surface area contributed by atoms with Crippen molar-refractivity contribution in [3.63, 3.8) is 0 Å². The average molecular weight is 161 g/mol. The van der Waals surface area contributed by atoms with E-state index >= 15 is 0 Å². The van der Waals surface area contributed by atoms with E-state index in [0.29, 0.717) is 0 Å². The first-order valence-corrected chi connectivity index (χ1v) is 4.70. The number of nitrogens with zero attached hydrogens (tertiary/aromatic N) is 1. The summed E-state index contributed by atoms with van der Waals surface area (Å²) >= 11 is 0. The topological polar surface area (TPSA) is 12.9 Å². The van der Waals surface area contributed by atoms with Crippen LogP contribution in [0.5, 0.6) is 0 Å². The fraction of sp³-hybridized carbons (Fsp3) is 0.545. The van der Waals surface area contributed by atoms with Gasteiger partial charge in [0.25, 0.3) is 0 Å². The molecule has 1 aliphatic rings. The first-order chi connectivity index (χ1) is 5.77. The van der Waals surface area contributed by atoms with Gasteiger partial charge < -0.3 is 0 Å². The van der Waals surface area contributed by atoms with Crippen LogP contribution in [0.3, 0.4) is 0 Å². The van der Waals surface area contributed by atoms with Gasteiger partial charge in [-0.15, -0.1) is 0 Å². The Labute approximate surface area is 73.8 Å². The van der Waals surface area contributed by atoms with Crippen LogP contribution in [0.4, 0.5) is 0 Å². The largest absolute Gasteiger partial charge is 0.261 e. The Morgan fingerprint density at radius 2 is 2.00 bits per heavy atom. The van der Waals surface area contributed by atoms with Crippen molar-refractivity contribution >= 4 is 0 Å². The molecule has 0 saturated carbocycles. The molecule has 0 fully saturated rings. The predicted octanol–water partition coefficient (Wildman–Crippen LogP) is 2.45. The van der Waals surface area contributed by atoms with E-state index in [-0.39, 0.29) is 0 Å². The SMILES string of the molecule is CC1Cc2cccnc2CC1C. The second-order valence-electron chi connectivity index (χ2n) is 3.97. The van der Waals surface area contributed by atoms with Crippen LogP contribution in [0, 0.1) is 11.8 Å². The van der Waals surface area contributed by atoms with Crippen LogP contribution in [-0.2, 0) is 12.8 Å². The van der Waals surface area contributed by atoms with Gasteiger partial charge in [0, 0.05) is 11.9 Å². The molecule has 1 nitrogen and oxygen atoms in total. The van der Waals surface area contributed by atoms with Crippen molar-refractivity contribution in [3.8, 4) is 0 Å². The zero-order valence-electron chi connectivity index (χ0n) is 7.75. The molecule has 1 aliphatic carbocycles. The fourth-order valence-electron chi connectivity index (χ4n) is 1.90. The summed E-state index contributed by atoms with van der Waals surface area (Å²) in [5, 5.41) is 0. The molecule has 0 bridgehead atoms. The van der Waals surface area contributed by atoms with E-state index in [4.69, 9.17) is 0 Å². The minimum atomic E-state index is 0.799. The van der Waals surface area contributed by atoms with Crippen LogP contribution in [0.25, 0.3) is 0 Å². The molecule has 2 atom stereocenters. The Balaban J connectivity index is 2.34. The molecule has 0 aromatic carbocycles. The highest BCUT2D eigenvalue weighted by Crippen LogP contribution is 2.27. The number of hydrogen-bond donors (Lipinski definition) is 0. The molecule has 0 aliphatic heterocycles. The summed E-state index contributed by atoms with van der Waals surface area (Å²) in [6.45, 7) is 4.66. The van der Waals surface area contributed by atoms with Gasteiger partial charge in [0.1, 0.15) is 0 Å². The maximum atomic E-state index is 4.40. The molecule has 2 rings (SSSR count). The molecule has 1 heterocycles. The van der Waals surface area contributed by atoms with Gasteiger partial charge in [0.05, 0.1) is 0 Å². The van der Waals surface area contributed by atoms with Crippen LogP contribution in [-0.4, -0.2) is 4.98 Å². The molecular weight excluding hydrogens is 146 g/mol. The summed E-state index contributed by atoms with van der Waals surface area (Å²) in [7, 11) is 0. The Morgan fingerprint density at radius 1 is 1.25 bits per heavy atom. The number of aromatic nitrogens is 1. The van der Waals surface area contributed by atoms with Crippen molar-refractivity contribution in [1.82, 2.24) is 4.98 Å². The summed E-state index contributed by atoms with van der Waals surface area (Å²) < 4.78 is 0. The second kappa shape index (κ2) is 2.89. The quantitative estimate of drug-likeness (QED) is 0.569. The van der Waals surface area contributed by atoms with E-state index in [1.165, 1.54) is 17.7 Å². The Kier molecular flexibility index (Phi) is 1.87. The monoisotopic (exact) mass is 161 g/mol. The van der Waals surface area contributed by atoms with E-state index in [1.807, 2.05) is 12.3 Å². The molecule has 64 valence electrons. The number of rotatable bonds is 0. The summed E-state index contributed by atoms with van der Waals surface area (Å²) in [4.78, 5) is 4.40. The lowest BCUT2D eigenvalue weighted by Crippen LogP contribution is -2.21. The van der Waals surface area contributed by atoms with Gasteiger partial charge in [0.15, 0.2) is 0 Å². The Bertz CT molecular complexity index is 251. The minimum absolute atomic E-state index is 0.799. The number of fused-ring (bicyclic) bond motifs is 1. The molecule has 0 spiro atoms. The zero-order valence-corrected chi connectivity index (χ0v) is 7.75. The van der Waals surface area contributed by atoms with Crippen LogP contribution in [0.15, 0.2) is 18.3 Å². The Hall–Kier alpha value is -0.850. The van der Waals surface area contributed by atoms with Crippen LogP contribution in [0.1, 0.15) is 25.1 Å². The lowest BCUT2D eigenvalue weighted by molar-refractivity contribution is 0.356. The highest BCUT2D eigenvalue weighted by atomic mass is 14.7. The van der Waals surface area contributed by atoms with E-state index in [2.05, 4.69) is 24.9 Å². The van der Waals surface area contributed by atoms with Gasteiger partial charge in [-0.1, -0.05) is 19.9 Å². The molecule has 1 heteroatoms. The molecule has 2 unspecified atom stereocenters. The molecule has 1 aromatic rings. The van der Waals surface area contributed by atoms with E-state index in [0.717, 1.165) is 18.3 Å². The predicted molar refractivity (Wildman–Crippen MR) is 50.0 cm³/mol. The molecule has 12 heavy (non-hydrogen) atoms. The molecule has 0 amide bonds. The van der Waals surface area contributed by atoms with Crippen molar-refractivity contribution in [1.29, 1.82) is 0 Å². The van der Waals surface area contributed by atoms with Gasteiger partial charge in [-0.05, 0) is 36.3 Å². The summed E-state index contributed by atoms with van der Waals surface area (Å²) in [6, 6.07) is 4.26. The maximum Gasteiger partial charge on any atom is 0.0438 e. The van der Waals surface area contributed by atoms with Crippen LogP contribution >= 0.6 is 0 Å². The number of pyridine rings is 1. The van der Waals surface area contributed by atoms with Crippen molar-refractivity contribution in [2.24, 2.45) is 11.8 Å². The number of hydrogen-bond acceptors (Lipinski definition) is 1. The minimum Gasteiger partial charge on any atom is -0.261 e. The molecule has 0 radical (unpaired) electrons. The zero-order chi connectivity index (χ0) is 8.55. The maximum absolute atomic E-state index is 4.40. The van der Waals surface area contributed by atoms with E-state index in [9.17, 15) is 0 Å². The first-order valence-electron chi connectivity index (χ1n) is 4.70. The van der Waals surface area contributed by atoms with Crippen LogP contribution < -0.4 is 0 Å². The molecule has 0 N–H and O–H groups in total. The summed E-state index contributed by atoms with van der Waals surface area (Å²) in [5.74, 6) is 1.62. The third-order valence-electron chi connectivity index (χ3n) is 3.01. The molecular formula is C11H15N. The third kappa shape index (κ3) is 1.24. The van der Waals surface area contributed by atoms with Crippen molar-refractivity contribution in [2.45, 2.75) is 26.7 Å². The van der Waals surface area contributed by atoms with Crippen molar-refractivity contribution in [2.75, 3.05) is 0 Å². The van der Waals surface area contributed by atoms with Crippen molar-refractivity contribution < 1.29 is 0 Å². The van der Waals surface area contributed by atoms with Gasteiger partial charge in [-0.3, -0.25) is 4.98 Å². The smallest absolute Gasteiger partial charge is 0.0438 e. The normalized spacial score (nSPS) is 28.2. The molecule has 0 saturated heterocycles. The van der Waals surface area contributed by atoms with Gasteiger partial charge in [0.2, 0.25) is 0 Å². The van der Waals surface area contributed by atoms with Gasteiger partial charge >= 0.3 is 0 Å². The highest BCUT2D eigenvalue weighted by Gasteiger charge is 2.21. The Morgan fingerprint density at radius 3 is 2.83 bits per heavy atom. The van der Waals surface area contributed by atoms with Gasteiger partial charge in [-0.25, -0.2) is 0 Å². The van der Waals surface area contributed by atoms with Crippen LogP contribution in [0.2, 0.25) is 0 Å². The third-order valence-corrected chi connectivity index (χ3v) is 3.01. The average Bonchev–Trinajstić information content (AvgIpc) is 2.07. The van der Waals surface area contributed by atoms with E-state index in [1.54, 1.807) is 0 Å². The van der Waals surface area contributed by atoms with Gasteiger partial charge in [-0.2, -0.15) is 0 Å². The molecule has 1 aromatic heterocycles. The first kappa shape index (κ1) is 7.78. The highest BCUT2D eigenvalue weighted by molar-refractivity contribution is 5.23.